The van der Waals surface area contributed by atoms with Crippen LogP contribution in [0.5, 0.6) is 0 Å². The van der Waals surface area contributed by atoms with Gasteiger partial charge in [0.2, 0.25) is 0 Å². The van der Waals surface area contributed by atoms with E-state index >= 15 is 0 Å². The topological polar surface area (TPSA) is 39.1 Å². The second-order valence-corrected chi connectivity index (χ2v) is 3.07. The lowest BCUT2D eigenvalue weighted by molar-refractivity contribution is 0.299. The molecule has 3 nitrogen and oxygen atoms in total. The van der Waals surface area contributed by atoms with Gasteiger partial charge in [-0.2, -0.15) is 5.26 Å². The molecule has 0 saturated heterocycles. The van der Waals surface area contributed by atoms with E-state index in [-0.39, 0.29) is 6.04 Å². The highest BCUT2D eigenvalue weighted by Crippen LogP contribution is 1.89. The van der Waals surface area contributed by atoms with Gasteiger partial charge in [0, 0.05) is 13.1 Å². The van der Waals surface area contributed by atoms with E-state index in [2.05, 4.69) is 30.1 Å². The summed E-state index contributed by atoms with van der Waals surface area (Å²) in [5, 5.41) is 11.9. The maximum Gasteiger partial charge on any atom is 0.0950 e. The van der Waals surface area contributed by atoms with E-state index < -0.39 is 0 Å². The molecule has 0 bridgehead atoms. The number of nitrogens with one attached hydrogen (secondary N) is 1. The average molecular weight is 183 g/mol. The summed E-state index contributed by atoms with van der Waals surface area (Å²) >= 11 is 0. The minimum atomic E-state index is 0.0237. The Morgan fingerprint density at radius 1 is 1.31 bits per heavy atom. The Bertz CT molecular complexity index is 147. The minimum absolute atomic E-state index is 0.0237. The maximum atomic E-state index is 8.68. The molecule has 0 aromatic carbocycles. The van der Waals surface area contributed by atoms with Crippen molar-refractivity contribution in [2.45, 2.75) is 33.2 Å². The summed E-state index contributed by atoms with van der Waals surface area (Å²) in [4.78, 5) is 2.34. The molecule has 0 aromatic heterocycles. The molecular formula is C10H21N3. The molecular weight excluding hydrogens is 162 g/mol. The Labute approximate surface area is 81.7 Å². The molecule has 0 aliphatic carbocycles. The summed E-state index contributed by atoms with van der Waals surface area (Å²) in [6.07, 6.45) is 0.884. The third kappa shape index (κ3) is 5.62. The van der Waals surface area contributed by atoms with E-state index in [4.69, 9.17) is 5.26 Å². The first-order valence-electron chi connectivity index (χ1n) is 5.13. The highest BCUT2D eigenvalue weighted by Gasteiger charge is 2.03. The summed E-state index contributed by atoms with van der Waals surface area (Å²) < 4.78 is 0. The van der Waals surface area contributed by atoms with Crippen LogP contribution >= 0.6 is 0 Å². The number of hydrogen-bond donors (Lipinski definition) is 1. The van der Waals surface area contributed by atoms with Crippen LogP contribution in [0.15, 0.2) is 0 Å². The van der Waals surface area contributed by atoms with Crippen molar-refractivity contribution in [2.24, 2.45) is 0 Å². The molecule has 1 unspecified atom stereocenters. The fourth-order valence-electron chi connectivity index (χ4n) is 1.22. The van der Waals surface area contributed by atoms with Crippen LogP contribution in [0.25, 0.3) is 0 Å². The zero-order chi connectivity index (χ0) is 10.1. The van der Waals surface area contributed by atoms with E-state index in [0.717, 1.165) is 32.6 Å². The van der Waals surface area contributed by atoms with Gasteiger partial charge in [-0.05, 0) is 19.5 Å². The van der Waals surface area contributed by atoms with Crippen LogP contribution in [0.4, 0.5) is 0 Å². The molecule has 76 valence electrons. The fraction of sp³-hybridized carbons (Fsp3) is 0.900. The SMILES string of the molecule is CCC(C#N)NCCN(CC)CC. The molecule has 0 saturated carbocycles. The van der Waals surface area contributed by atoms with E-state index in [1.807, 2.05) is 6.92 Å². The highest BCUT2D eigenvalue weighted by atomic mass is 15.1. The first-order chi connectivity index (χ1) is 6.28. The molecule has 0 fully saturated rings. The van der Waals surface area contributed by atoms with Crippen molar-refractivity contribution in [3.05, 3.63) is 0 Å². The molecule has 0 heterocycles. The normalized spacial score (nSPS) is 12.8. The van der Waals surface area contributed by atoms with Crippen molar-refractivity contribution in [3.8, 4) is 6.07 Å². The predicted octanol–water partition coefficient (Wildman–Crippen LogP) is 1.22. The minimum Gasteiger partial charge on any atom is -0.303 e. The second kappa shape index (κ2) is 8.03. The molecule has 0 spiro atoms. The van der Waals surface area contributed by atoms with Crippen LogP contribution in [0, 0.1) is 11.3 Å². The monoisotopic (exact) mass is 183 g/mol. The average Bonchev–Trinajstić information content (AvgIpc) is 2.19. The smallest absolute Gasteiger partial charge is 0.0950 e. The van der Waals surface area contributed by atoms with Gasteiger partial charge in [-0.25, -0.2) is 0 Å². The molecule has 13 heavy (non-hydrogen) atoms. The van der Waals surface area contributed by atoms with Crippen LogP contribution < -0.4 is 5.32 Å². The van der Waals surface area contributed by atoms with Gasteiger partial charge < -0.3 is 10.2 Å². The zero-order valence-electron chi connectivity index (χ0n) is 9.01. The molecule has 1 atom stereocenters. The van der Waals surface area contributed by atoms with Crippen LogP contribution in [0.3, 0.4) is 0 Å². The first kappa shape index (κ1) is 12.4. The third-order valence-electron chi connectivity index (χ3n) is 2.28. The second-order valence-electron chi connectivity index (χ2n) is 3.07. The van der Waals surface area contributed by atoms with E-state index in [1.54, 1.807) is 0 Å². The van der Waals surface area contributed by atoms with E-state index in [9.17, 15) is 0 Å². The Hall–Kier alpha value is -0.590. The van der Waals surface area contributed by atoms with Gasteiger partial charge in [0.25, 0.3) is 0 Å². The number of nitrogens with zero attached hydrogens (tertiary/aromatic N) is 2. The summed E-state index contributed by atoms with van der Waals surface area (Å²) in [5.74, 6) is 0. The van der Waals surface area contributed by atoms with Gasteiger partial charge in [-0.3, -0.25) is 0 Å². The molecule has 0 aromatic rings. The van der Waals surface area contributed by atoms with Gasteiger partial charge in [0.1, 0.15) is 0 Å². The van der Waals surface area contributed by atoms with Gasteiger partial charge in [0.05, 0.1) is 12.1 Å². The van der Waals surface area contributed by atoms with Crippen LogP contribution in [0.1, 0.15) is 27.2 Å². The molecule has 0 aliphatic rings. The molecule has 3 heteroatoms. The summed E-state index contributed by atoms with van der Waals surface area (Å²) in [6, 6.07) is 2.26. The van der Waals surface area contributed by atoms with Gasteiger partial charge in [0.15, 0.2) is 0 Å². The fourth-order valence-corrected chi connectivity index (χ4v) is 1.22. The first-order valence-corrected chi connectivity index (χ1v) is 5.13. The largest absolute Gasteiger partial charge is 0.303 e. The Morgan fingerprint density at radius 2 is 1.92 bits per heavy atom. The van der Waals surface area contributed by atoms with Gasteiger partial charge in [-0.15, -0.1) is 0 Å². The summed E-state index contributed by atoms with van der Waals surface area (Å²) in [5.41, 5.74) is 0. The highest BCUT2D eigenvalue weighted by molar-refractivity contribution is 4.88. The van der Waals surface area contributed by atoms with Crippen LogP contribution in [-0.4, -0.2) is 37.1 Å². The lowest BCUT2D eigenvalue weighted by Gasteiger charge is -2.18. The number of likely N-dealkylation sites (N-methyl/N-ethyl adjacent to an activating group) is 1. The molecule has 0 radical (unpaired) electrons. The number of nitriles is 1. The molecule has 0 rings (SSSR count). The van der Waals surface area contributed by atoms with Crippen molar-refractivity contribution in [1.29, 1.82) is 5.26 Å². The zero-order valence-corrected chi connectivity index (χ0v) is 9.01. The van der Waals surface area contributed by atoms with Crippen LogP contribution in [0.2, 0.25) is 0 Å². The standard InChI is InChI=1S/C10H21N3/c1-4-10(9-11)12-7-8-13(5-2)6-3/h10,12H,4-8H2,1-3H3. The predicted molar refractivity (Wildman–Crippen MR) is 55.5 cm³/mol. The molecule has 1 N–H and O–H groups in total. The van der Waals surface area contributed by atoms with E-state index in [0.29, 0.717) is 0 Å². The van der Waals surface area contributed by atoms with Crippen LogP contribution in [-0.2, 0) is 0 Å². The van der Waals surface area contributed by atoms with Gasteiger partial charge >= 0.3 is 0 Å². The van der Waals surface area contributed by atoms with Crippen molar-refractivity contribution in [1.82, 2.24) is 10.2 Å². The lowest BCUT2D eigenvalue weighted by Crippen LogP contribution is -2.36. The van der Waals surface area contributed by atoms with Crippen molar-refractivity contribution < 1.29 is 0 Å². The quantitative estimate of drug-likeness (QED) is 0.645. The van der Waals surface area contributed by atoms with Crippen molar-refractivity contribution in [3.63, 3.8) is 0 Å². The lowest BCUT2D eigenvalue weighted by atomic mass is 10.2. The Morgan fingerprint density at radius 3 is 2.31 bits per heavy atom. The van der Waals surface area contributed by atoms with Crippen molar-refractivity contribution >= 4 is 0 Å². The third-order valence-corrected chi connectivity index (χ3v) is 2.28. The Balaban J connectivity index is 3.48. The van der Waals surface area contributed by atoms with Crippen molar-refractivity contribution in [2.75, 3.05) is 26.2 Å². The van der Waals surface area contributed by atoms with Gasteiger partial charge in [-0.1, -0.05) is 20.8 Å². The number of hydrogen-bond acceptors (Lipinski definition) is 3. The van der Waals surface area contributed by atoms with E-state index in [1.165, 1.54) is 0 Å². The molecule has 0 amide bonds. The number of rotatable bonds is 7. The Kier molecular flexibility index (Phi) is 7.66. The molecule has 0 aliphatic heterocycles. The summed E-state index contributed by atoms with van der Waals surface area (Å²) in [7, 11) is 0. The maximum absolute atomic E-state index is 8.68. The summed E-state index contributed by atoms with van der Waals surface area (Å²) in [6.45, 7) is 10.5.